The maximum Gasteiger partial charge on any atom is 0.320 e. The fourth-order valence-corrected chi connectivity index (χ4v) is 7.64. The van der Waals surface area contributed by atoms with Crippen molar-refractivity contribution in [3.8, 4) is 17.2 Å². The van der Waals surface area contributed by atoms with E-state index in [-0.39, 0.29) is 38.7 Å². The van der Waals surface area contributed by atoms with Crippen LogP contribution in [0.15, 0.2) is 107 Å². The van der Waals surface area contributed by atoms with Crippen LogP contribution in [0.1, 0.15) is 92.2 Å². The van der Waals surface area contributed by atoms with Crippen LogP contribution in [0.25, 0.3) is 0 Å². The molecule has 0 aliphatic heterocycles. The molecule has 1 unspecified atom stereocenters. The number of carbonyl (C=O) groups is 2. The van der Waals surface area contributed by atoms with Crippen molar-refractivity contribution in [1.82, 2.24) is 5.32 Å². The Hall–Kier alpha value is -4.38. The van der Waals surface area contributed by atoms with E-state index in [1.54, 1.807) is 44.2 Å². The van der Waals surface area contributed by atoms with Crippen molar-refractivity contribution in [3.05, 3.63) is 108 Å². The number of nitrogens with one attached hydrogen (secondary N) is 2. The van der Waals surface area contributed by atoms with E-state index in [2.05, 4.69) is 70.4 Å². The molecular weight excluding hydrogens is 748 g/mol. The van der Waals surface area contributed by atoms with E-state index in [1.807, 2.05) is 0 Å². The van der Waals surface area contributed by atoms with E-state index in [9.17, 15) is 23.1 Å². The number of rotatable bonds is 20. The molecule has 302 valence electrons. The fraction of sp³-hybridized carbons (Fsp3) is 0.422. The number of halogens is 1. The van der Waals surface area contributed by atoms with Crippen molar-refractivity contribution in [1.29, 1.82) is 0 Å². The van der Waals surface area contributed by atoms with Gasteiger partial charge >= 0.3 is 5.06 Å². The van der Waals surface area contributed by atoms with E-state index in [0.717, 1.165) is 31.4 Å². The van der Waals surface area contributed by atoms with Gasteiger partial charge < -0.3 is 25.2 Å². The number of sulfone groups is 1. The third-order valence-corrected chi connectivity index (χ3v) is 12.8. The van der Waals surface area contributed by atoms with Gasteiger partial charge in [0.15, 0.2) is 0 Å². The van der Waals surface area contributed by atoms with Gasteiger partial charge in [0.05, 0.1) is 16.4 Å². The van der Waals surface area contributed by atoms with Crippen LogP contribution in [0.4, 0.5) is 5.69 Å². The summed E-state index contributed by atoms with van der Waals surface area (Å²) in [5, 5.41) is 13.1. The molecule has 1 atom stereocenters. The Bertz CT molecular complexity index is 2050. The molecule has 0 heterocycles. The van der Waals surface area contributed by atoms with Crippen LogP contribution in [0.5, 0.6) is 17.2 Å². The van der Waals surface area contributed by atoms with Crippen LogP contribution < -0.4 is 20.1 Å². The number of carbonyl (C=O) groups excluding carboxylic acids is 2. The van der Waals surface area contributed by atoms with E-state index < -0.39 is 32.0 Å². The second kappa shape index (κ2) is 18.3. The number of ether oxygens (including phenoxy) is 2. The highest BCUT2D eigenvalue weighted by molar-refractivity contribution is 7.91. The highest BCUT2D eigenvalue weighted by Gasteiger charge is 2.53. The van der Waals surface area contributed by atoms with Crippen molar-refractivity contribution in [2.24, 2.45) is 5.41 Å². The average Bonchev–Trinajstić information content (AvgIpc) is 3.17. The molecule has 3 N–H and O–H groups in total. The fourth-order valence-electron chi connectivity index (χ4n) is 5.99. The van der Waals surface area contributed by atoms with Gasteiger partial charge in [-0.1, -0.05) is 97.3 Å². The van der Waals surface area contributed by atoms with Gasteiger partial charge in [0.25, 0.3) is 5.91 Å². The maximum absolute atomic E-state index is 14.2. The van der Waals surface area contributed by atoms with Gasteiger partial charge in [-0.2, -0.15) is 0 Å². The Morgan fingerprint density at radius 1 is 0.768 bits per heavy atom. The number of amides is 1. The Morgan fingerprint density at radius 3 is 1.95 bits per heavy atom. The Morgan fingerprint density at radius 2 is 1.36 bits per heavy atom. The van der Waals surface area contributed by atoms with Crippen molar-refractivity contribution in [2.45, 2.75) is 107 Å². The molecule has 0 spiro atoms. The largest absolute Gasteiger partial charge is 0.508 e. The van der Waals surface area contributed by atoms with Crippen LogP contribution in [-0.4, -0.2) is 50.0 Å². The zero-order chi connectivity index (χ0) is 41.4. The van der Waals surface area contributed by atoms with Crippen LogP contribution in [0.3, 0.4) is 0 Å². The first-order valence-electron chi connectivity index (χ1n) is 19.2. The minimum Gasteiger partial charge on any atom is -0.508 e. The number of phenols is 1. The van der Waals surface area contributed by atoms with Gasteiger partial charge in [-0.3, -0.25) is 9.59 Å². The number of para-hydroxylation sites is 1. The van der Waals surface area contributed by atoms with E-state index in [1.165, 1.54) is 59.7 Å². The number of anilines is 1. The number of ketones is 1. The zero-order valence-electron chi connectivity index (χ0n) is 33.9. The van der Waals surface area contributed by atoms with Gasteiger partial charge in [0, 0.05) is 23.2 Å². The molecule has 0 fully saturated rings. The first-order valence-corrected chi connectivity index (χ1v) is 21.0. The minimum atomic E-state index is -3.92. The van der Waals surface area contributed by atoms with Crippen molar-refractivity contribution in [2.75, 3.05) is 25.0 Å². The highest BCUT2D eigenvalue weighted by Crippen LogP contribution is 2.39. The van der Waals surface area contributed by atoms with Gasteiger partial charge in [0.2, 0.25) is 15.6 Å². The first-order chi connectivity index (χ1) is 26.3. The van der Waals surface area contributed by atoms with Gasteiger partial charge in [-0.05, 0) is 115 Å². The maximum atomic E-state index is 14.2. The number of unbranched alkanes of at least 4 members (excludes halogenated alkanes) is 1. The molecule has 11 heteroatoms. The predicted molar refractivity (Wildman–Crippen MR) is 224 cm³/mol. The van der Waals surface area contributed by atoms with Gasteiger partial charge in [-0.25, -0.2) is 8.42 Å². The zero-order valence-corrected chi connectivity index (χ0v) is 35.4. The lowest BCUT2D eigenvalue weighted by atomic mass is 9.76. The molecule has 0 saturated carbocycles. The second-order valence-electron chi connectivity index (χ2n) is 16.1. The number of alkyl halides is 1. The number of phenolic OH excluding ortho intramolecular Hbond substituents is 1. The van der Waals surface area contributed by atoms with Crippen LogP contribution in [0, 0.1) is 5.41 Å². The first kappa shape index (κ1) is 44.3. The number of Topliss-reactive ketones (excluding diaryl/α,β-unsaturated/α-hetero) is 1. The Kier molecular flexibility index (Phi) is 14.5. The summed E-state index contributed by atoms with van der Waals surface area (Å²) >= 11 is 6.92. The summed E-state index contributed by atoms with van der Waals surface area (Å²) in [5.74, 6) is -0.714. The summed E-state index contributed by atoms with van der Waals surface area (Å²) in [7, 11) is -3.92. The normalized spacial score (nSPS) is 13.4. The predicted octanol–water partition coefficient (Wildman–Crippen LogP) is 9.60. The van der Waals surface area contributed by atoms with Gasteiger partial charge in [-0.15, -0.1) is 0 Å². The van der Waals surface area contributed by atoms with Crippen molar-refractivity contribution < 1.29 is 32.6 Å². The molecule has 0 aromatic heterocycles. The van der Waals surface area contributed by atoms with E-state index >= 15 is 0 Å². The van der Waals surface area contributed by atoms with Crippen molar-refractivity contribution in [3.63, 3.8) is 0 Å². The van der Waals surface area contributed by atoms with Crippen LogP contribution in [-0.2, 0) is 30.3 Å². The van der Waals surface area contributed by atoms with E-state index in [0.29, 0.717) is 18.8 Å². The molecule has 56 heavy (non-hydrogen) atoms. The third-order valence-electron chi connectivity index (χ3n) is 10.6. The smallest absolute Gasteiger partial charge is 0.320 e. The van der Waals surface area contributed by atoms with E-state index in [4.69, 9.17) is 21.1 Å². The average molecular weight is 805 g/mol. The molecule has 0 aliphatic carbocycles. The monoisotopic (exact) mass is 804 g/mol. The molecule has 0 radical (unpaired) electrons. The topological polar surface area (TPSA) is 131 Å². The second-order valence-corrected chi connectivity index (χ2v) is 18.6. The molecule has 1 amide bonds. The minimum absolute atomic E-state index is 0.0127. The molecular formula is C45H57ClN2O7S. The molecule has 4 rings (SSSR count). The number of hydrogen-bond donors (Lipinski definition) is 3. The molecule has 0 aliphatic rings. The molecule has 0 saturated heterocycles. The van der Waals surface area contributed by atoms with Crippen LogP contribution >= 0.6 is 11.6 Å². The standard InChI is InChI=1S/C45H57ClN2O7S/c1-9-42(3,4)32-18-27-39(38(30-32)43(5,6)10-2)54-29-15-14-28-47-31-44(7,8)40(50)45(46,41(51)48-33-16-12-11-13-17-33)55-35-21-25-37(26-22-35)56(52,53)36-23-19-34(49)20-24-36/h11-13,16-27,30,47,49H,9-10,14-15,28-29,31H2,1-8H3,(H,48,51). The molecule has 0 bridgehead atoms. The lowest BCUT2D eigenvalue weighted by molar-refractivity contribution is -0.144. The summed E-state index contributed by atoms with van der Waals surface area (Å²) in [4.78, 5) is 27.9. The summed E-state index contributed by atoms with van der Waals surface area (Å²) in [6.07, 6.45) is 3.60. The SMILES string of the molecule is CCC(C)(C)c1ccc(OCCCCNCC(C)(C)C(=O)C(Cl)(Oc2ccc(S(=O)(=O)c3ccc(O)cc3)cc2)C(=O)Nc2ccccc2)c(C(C)(C)CC)c1. The van der Waals surface area contributed by atoms with Crippen molar-refractivity contribution >= 4 is 38.8 Å². The summed E-state index contributed by atoms with van der Waals surface area (Å²) in [6.45, 7) is 18.2. The summed E-state index contributed by atoms with van der Waals surface area (Å²) in [6, 6.07) is 25.6. The number of aromatic hydroxyl groups is 1. The van der Waals surface area contributed by atoms with Crippen LogP contribution in [0.2, 0.25) is 0 Å². The number of hydrogen-bond acceptors (Lipinski definition) is 8. The quantitative estimate of drug-likeness (QED) is 0.0458. The lowest BCUT2D eigenvalue weighted by Crippen LogP contribution is -2.56. The summed E-state index contributed by atoms with van der Waals surface area (Å²) in [5.41, 5.74) is 1.82. The molecule has 4 aromatic rings. The number of benzene rings is 4. The highest BCUT2D eigenvalue weighted by atomic mass is 35.5. The molecule has 4 aromatic carbocycles. The Labute approximate surface area is 338 Å². The summed E-state index contributed by atoms with van der Waals surface area (Å²) < 4.78 is 38.7. The third kappa shape index (κ3) is 10.7. The Balaban J connectivity index is 1.42. The van der Waals surface area contributed by atoms with Gasteiger partial charge in [0.1, 0.15) is 17.2 Å². The lowest BCUT2D eigenvalue weighted by Gasteiger charge is -2.33. The molecule has 9 nitrogen and oxygen atoms in total.